The van der Waals surface area contributed by atoms with Crippen LogP contribution in [0.2, 0.25) is 0 Å². The van der Waals surface area contributed by atoms with Gasteiger partial charge >= 0.3 is 0 Å². The van der Waals surface area contributed by atoms with E-state index in [9.17, 15) is 0 Å². The summed E-state index contributed by atoms with van der Waals surface area (Å²) >= 11 is 0. The van der Waals surface area contributed by atoms with Crippen LogP contribution in [0, 0.1) is 0 Å². The van der Waals surface area contributed by atoms with Crippen molar-refractivity contribution in [2.24, 2.45) is 0 Å². The van der Waals surface area contributed by atoms with Crippen molar-refractivity contribution in [3.8, 4) is 55.6 Å². The molecule has 0 aliphatic heterocycles. The number of hydrogen-bond donors (Lipinski definition) is 1. The normalized spacial score (nSPS) is 13.0. The van der Waals surface area contributed by atoms with Crippen molar-refractivity contribution in [2.75, 3.05) is 5.32 Å². The summed E-state index contributed by atoms with van der Waals surface area (Å²) in [4.78, 5) is 0. The maximum Gasteiger partial charge on any atom is 0.0725 e. The summed E-state index contributed by atoms with van der Waals surface area (Å²) in [6.45, 7) is 0. The zero-order valence-electron chi connectivity index (χ0n) is 31.8. The van der Waals surface area contributed by atoms with Gasteiger partial charge in [0.25, 0.3) is 0 Å². The van der Waals surface area contributed by atoms with Crippen molar-refractivity contribution in [1.82, 2.24) is 0 Å². The molecule has 2 aliphatic rings. The predicted molar refractivity (Wildman–Crippen MR) is 244 cm³/mol. The number of anilines is 2. The van der Waals surface area contributed by atoms with E-state index in [1.54, 1.807) is 0 Å². The zero-order valence-corrected chi connectivity index (χ0v) is 31.8. The van der Waals surface area contributed by atoms with E-state index in [0.29, 0.717) is 0 Å². The van der Waals surface area contributed by atoms with E-state index in [1.807, 2.05) is 0 Å². The predicted octanol–water partition coefficient (Wildman–Crippen LogP) is 15.1. The lowest BCUT2D eigenvalue weighted by Crippen LogP contribution is -2.25. The molecule has 1 nitrogen and oxygen atoms in total. The van der Waals surface area contributed by atoms with E-state index < -0.39 is 0 Å². The highest BCUT2D eigenvalue weighted by atomic mass is 14.9. The average molecular weight is 736 g/mol. The average Bonchev–Trinajstić information content (AvgIpc) is 3.76. The van der Waals surface area contributed by atoms with E-state index in [1.165, 1.54) is 99.4 Å². The van der Waals surface area contributed by atoms with Gasteiger partial charge < -0.3 is 5.32 Å². The highest BCUT2D eigenvalue weighted by molar-refractivity contribution is 6.02. The Kier molecular flexibility index (Phi) is 7.21. The van der Waals surface area contributed by atoms with Crippen LogP contribution in [0.15, 0.2) is 218 Å². The smallest absolute Gasteiger partial charge is 0.0725 e. The van der Waals surface area contributed by atoms with Crippen molar-refractivity contribution < 1.29 is 0 Å². The van der Waals surface area contributed by atoms with E-state index in [2.05, 4.69) is 224 Å². The summed E-state index contributed by atoms with van der Waals surface area (Å²) < 4.78 is 0. The molecule has 0 unspecified atom stereocenters. The number of hydrogen-bond acceptors (Lipinski definition) is 1. The summed E-state index contributed by atoms with van der Waals surface area (Å²) in [6.07, 6.45) is 0. The molecule has 0 fully saturated rings. The Bertz CT molecular complexity index is 3190. The van der Waals surface area contributed by atoms with Gasteiger partial charge in [-0.1, -0.05) is 176 Å². The Hall–Kier alpha value is -7.48. The Balaban J connectivity index is 0.951. The molecule has 1 N–H and O–H groups in total. The van der Waals surface area contributed by atoms with Crippen molar-refractivity contribution >= 4 is 32.9 Å². The van der Waals surface area contributed by atoms with Crippen LogP contribution in [0.25, 0.3) is 77.2 Å². The van der Waals surface area contributed by atoms with E-state index in [4.69, 9.17) is 0 Å². The lowest BCUT2D eigenvalue weighted by Gasteiger charge is -2.30. The molecular weight excluding hydrogens is 699 g/mol. The molecule has 0 saturated heterocycles. The fourth-order valence-corrected chi connectivity index (χ4v) is 10.1. The van der Waals surface area contributed by atoms with Crippen LogP contribution in [0.4, 0.5) is 11.4 Å². The third-order valence-corrected chi connectivity index (χ3v) is 12.6. The maximum absolute atomic E-state index is 3.71. The molecule has 0 saturated carbocycles. The minimum absolute atomic E-state index is 0.373. The molecule has 10 aromatic carbocycles. The van der Waals surface area contributed by atoms with E-state index >= 15 is 0 Å². The molecule has 58 heavy (non-hydrogen) atoms. The topological polar surface area (TPSA) is 12.0 Å². The summed E-state index contributed by atoms with van der Waals surface area (Å²) in [7, 11) is 0. The second-order valence-corrected chi connectivity index (χ2v) is 15.7. The van der Waals surface area contributed by atoms with Crippen molar-refractivity contribution in [2.45, 2.75) is 5.41 Å². The van der Waals surface area contributed by atoms with Crippen molar-refractivity contribution in [3.05, 3.63) is 241 Å². The van der Waals surface area contributed by atoms with Crippen LogP contribution in [-0.4, -0.2) is 0 Å². The van der Waals surface area contributed by atoms with Gasteiger partial charge in [0, 0.05) is 11.4 Å². The van der Waals surface area contributed by atoms with Gasteiger partial charge in [-0.25, -0.2) is 0 Å². The molecule has 0 amide bonds. The first-order chi connectivity index (χ1) is 28.7. The minimum Gasteiger partial charge on any atom is -0.356 e. The van der Waals surface area contributed by atoms with Crippen molar-refractivity contribution in [3.63, 3.8) is 0 Å². The van der Waals surface area contributed by atoms with Crippen LogP contribution in [0.1, 0.15) is 22.3 Å². The molecule has 270 valence electrons. The monoisotopic (exact) mass is 735 g/mol. The summed E-state index contributed by atoms with van der Waals surface area (Å²) in [5, 5.41) is 8.70. The zero-order chi connectivity index (χ0) is 38.2. The van der Waals surface area contributed by atoms with Gasteiger partial charge in [-0.15, -0.1) is 0 Å². The van der Waals surface area contributed by atoms with Crippen LogP contribution in [-0.2, 0) is 5.41 Å². The first-order valence-electron chi connectivity index (χ1n) is 20.2. The Morgan fingerprint density at radius 3 is 1.50 bits per heavy atom. The molecule has 12 rings (SSSR count). The second kappa shape index (κ2) is 12.8. The largest absolute Gasteiger partial charge is 0.356 e. The first kappa shape index (κ1) is 32.7. The van der Waals surface area contributed by atoms with Crippen molar-refractivity contribution in [1.29, 1.82) is 0 Å². The number of rotatable bonds is 5. The Morgan fingerprint density at radius 2 is 0.793 bits per heavy atom. The molecule has 1 spiro atoms. The van der Waals surface area contributed by atoms with Gasteiger partial charge in [-0.05, 0) is 142 Å². The van der Waals surface area contributed by atoms with Crippen LogP contribution < -0.4 is 5.32 Å². The first-order valence-corrected chi connectivity index (χ1v) is 20.2. The fourth-order valence-electron chi connectivity index (χ4n) is 10.1. The van der Waals surface area contributed by atoms with E-state index in [-0.39, 0.29) is 5.41 Å². The van der Waals surface area contributed by atoms with Gasteiger partial charge in [0.2, 0.25) is 0 Å². The van der Waals surface area contributed by atoms with E-state index in [0.717, 1.165) is 11.4 Å². The third kappa shape index (κ3) is 4.84. The maximum atomic E-state index is 3.71. The minimum atomic E-state index is -0.373. The molecule has 0 heterocycles. The molecule has 0 bridgehead atoms. The van der Waals surface area contributed by atoms with Gasteiger partial charge in [0.15, 0.2) is 0 Å². The molecular formula is C57H37N. The SMILES string of the molecule is c1cc(Nc2ccc(-c3cccc4ccccc34)cc2)cc(-c2cc(-c3ccc4c(c3)C3(c5ccccc5-c5ccccc53)c3ccccc3-4)cc3ccccc23)c1. The van der Waals surface area contributed by atoms with Crippen LogP contribution in [0.3, 0.4) is 0 Å². The quantitative estimate of drug-likeness (QED) is 0.186. The van der Waals surface area contributed by atoms with Crippen LogP contribution in [0.5, 0.6) is 0 Å². The number of benzene rings is 10. The highest BCUT2D eigenvalue weighted by Crippen LogP contribution is 2.63. The molecule has 1 heteroatoms. The Labute approximate surface area is 338 Å². The molecule has 2 aliphatic carbocycles. The number of fused-ring (bicyclic) bond motifs is 12. The third-order valence-electron chi connectivity index (χ3n) is 12.6. The standard InChI is InChI=1S/C57H37N/c1-3-18-45-37(13-1)15-12-23-46(45)38-27-30-43(31-28-38)58-44-17-11-16-41(34-44)52-35-42(33-40-14-2-4-19-47(40)52)39-29-32-51-50-22-7-10-26-55(50)57(56(51)36-39)53-24-8-5-20-48(53)49-21-6-9-25-54(49)57/h1-36,58H. The molecule has 10 aromatic rings. The Morgan fingerprint density at radius 1 is 0.259 bits per heavy atom. The lowest BCUT2D eigenvalue weighted by molar-refractivity contribution is 0.794. The summed E-state index contributed by atoms with van der Waals surface area (Å²) in [5.41, 5.74) is 19.8. The van der Waals surface area contributed by atoms with Gasteiger partial charge in [-0.3, -0.25) is 0 Å². The lowest BCUT2D eigenvalue weighted by atomic mass is 9.70. The summed E-state index contributed by atoms with van der Waals surface area (Å²) in [5.74, 6) is 0. The highest BCUT2D eigenvalue weighted by Gasteiger charge is 2.51. The van der Waals surface area contributed by atoms with Gasteiger partial charge in [0.05, 0.1) is 5.41 Å². The fraction of sp³-hybridized carbons (Fsp3) is 0.0175. The van der Waals surface area contributed by atoms with Gasteiger partial charge in [-0.2, -0.15) is 0 Å². The number of nitrogens with one attached hydrogen (secondary N) is 1. The molecule has 0 atom stereocenters. The van der Waals surface area contributed by atoms with Crippen LogP contribution >= 0.6 is 0 Å². The molecule has 0 aromatic heterocycles. The summed E-state index contributed by atoms with van der Waals surface area (Å²) in [6, 6.07) is 80.6. The second-order valence-electron chi connectivity index (χ2n) is 15.7. The van der Waals surface area contributed by atoms with Gasteiger partial charge in [0.1, 0.15) is 0 Å². The molecule has 0 radical (unpaired) electrons.